The molecule has 2 N–H and O–H groups in total. The minimum atomic E-state index is -0.167. The van der Waals surface area contributed by atoms with E-state index in [1.165, 1.54) is 12.8 Å². The number of hydrogen-bond donors (Lipinski definition) is 2. The molecular weight excluding hydrogens is 346 g/mol. The van der Waals surface area contributed by atoms with Gasteiger partial charge in [-0.2, -0.15) is 5.10 Å². The van der Waals surface area contributed by atoms with Gasteiger partial charge >= 0.3 is 0 Å². The zero-order chi connectivity index (χ0) is 18.8. The molecule has 0 radical (unpaired) electrons. The Kier molecular flexibility index (Phi) is 4.91. The quantitative estimate of drug-likeness (QED) is 0.823. The molecule has 0 aromatic carbocycles. The maximum atomic E-state index is 12.7. The molecule has 2 aliphatic rings. The van der Waals surface area contributed by atoms with E-state index < -0.39 is 0 Å². The molecule has 9 heteroatoms. The third-order valence-electron chi connectivity index (χ3n) is 5.42. The third kappa shape index (κ3) is 3.86. The number of carbonyl (C=O) groups is 2. The Morgan fingerprint density at radius 2 is 2.04 bits per heavy atom. The van der Waals surface area contributed by atoms with Crippen LogP contribution in [0.25, 0.3) is 0 Å². The highest BCUT2D eigenvalue weighted by molar-refractivity contribution is 5.93. The van der Waals surface area contributed by atoms with Crippen LogP contribution in [-0.4, -0.2) is 60.5 Å². The molecule has 1 atom stereocenters. The maximum absolute atomic E-state index is 12.7. The van der Waals surface area contributed by atoms with Crippen molar-refractivity contribution in [3.05, 3.63) is 29.3 Å². The van der Waals surface area contributed by atoms with Crippen molar-refractivity contribution in [2.24, 2.45) is 0 Å². The lowest BCUT2D eigenvalue weighted by Gasteiger charge is -2.23. The Morgan fingerprint density at radius 3 is 2.78 bits per heavy atom. The fourth-order valence-corrected chi connectivity index (χ4v) is 4.00. The molecule has 9 nitrogen and oxygen atoms in total. The molecule has 1 aliphatic heterocycles. The van der Waals surface area contributed by atoms with Gasteiger partial charge in [0.15, 0.2) is 5.69 Å². The van der Waals surface area contributed by atoms with E-state index in [2.05, 4.69) is 25.8 Å². The molecule has 4 rings (SSSR count). The van der Waals surface area contributed by atoms with E-state index in [0.717, 1.165) is 31.4 Å². The molecule has 1 aliphatic carbocycles. The molecule has 0 bridgehead atoms. The first kappa shape index (κ1) is 17.7. The molecule has 1 saturated heterocycles. The van der Waals surface area contributed by atoms with E-state index in [1.54, 1.807) is 16.9 Å². The summed E-state index contributed by atoms with van der Waals surface area (Å²) >= 11 is 0. The Labute approximate surface area is 157 Å². The minimum absolute atomic E-state index is 0.0296. The second-order valence-electron chi connectivity index (χ2n) is 7.51. The van der Waals surface area contributed by atoms with E-state index in [-0.39, 0.29) is 23.9 Å². The Morgan fingerprint density at radius 1 is 1.22 bits per heavy atom. The number of rotatable bonds is 5. The molecule has 3 heterocycles. The predicted molar refractivity (Wildman–Crippen MR) is 97.1 cm³/mol. The lowest BCUT2D eigenvalue weighted by molar-refractivity contribution is 0.0714. The number of nitrogens with zero attached hydrogens (tertiary/aromatic N) is 5. The smallest absolute Gasteiger partial charge is 0.274 e. The highest BCUT2D eigenvalue weighted by Crippen LogP contribution is 2.21. The monoisotopic (exact) mass is 371 g/mol. The Hall–Kier alpha value is -2.71. The predicted octanol–water partition coefficient (Wildman–Crippen LogP) is 1.29. The van der Waals surface area contributed by atoms with Gasteiger partial charge in [-0.15, -0.1) is 5.10 Å². The standard InChI is InChI=1S/C18H25N7O2/c1-12-9-15(21-20-12)18(27)25-8-4-7-14(25)10-24-11-16(22-23-24)17(26)19-13-5-2-3-6-13/h9,11,13-14H,2-8,10H2,1H3,(H,19,26)(H,20,21)/t14-/m0/s1. The summed E-state index contributed by atoms with van der Waals surface area (Å²) in [5.74, 6) is -0.235. The van der Waals surface area contributed by atoms with Crippen LogP contribution in [-0.2, 0) is 6.54 Å². The first-order valence-corrected chi connectivity index (χ1v) is 9.64. The van der Waals surface area contributed by atoms with Crippen molar-refractivity contribution >= 4 is 11.8 Å². The second kappa shape index (κ2) is 7.50. The summed E-state index contributed by atoms with van der Waals surface area (Å²) in [7, 11) is 0. The first-order valence-electron chi connectivity index (χ1n) is 9.64. The van der Waals surface area contributed by atoms with Crippen molar-refractivity contribution in [3.63, 3.8) is 0 Å². The van der Waals surface area contributed by atoms with Crippen molar-refractivity contribution in [2.75, 3.05) is 6.54 Å². The van der Waals surface area contributed by atoms with Crippen LogP contribution in [0.15, 0.2) is 12.3 Å². The van der Waals surface area contributed by atoms with Crippen molar-refractivity contribution in [1.82, 2.24) is 35.4 Å². The summed E-state index contributed by atoms with van der Waals surface area (Å²) in [4.78, 5) is 26.9. The van der Waals surface area contributed by atoms with E-state index >= 15 is 0 Å². The van der Waals surface area contributed by atoms with Crippen LogP contribution < -0.4 is 5.32 Å². The number of aromatic nitrogens is 5. The molecule has 0 spiro atoms. The SMILES string of the molecule is Cc1cc(C(=O)N2CCC[C@H]2Cn2cc(C(=O)NC3CCCC3)nn2)n[nH]1. The number of likely N-dealkylation sites (tertiary alicyclic amines) is 1. The lowest BCUT2D eigenvalue weighted by atomic mass is 10.2. The highest BCUT2D eigenvalue weighted by Gasteiger charge is 2.31. The zero-order valence-corrected chi connectivity index (χ0v) is 15.5. The van der Waals surface area contributed by atoms with Crippen molar-refractivity contribution in [2.45, 2.75) is 64.1 Å². The fourth-order valence-electron chi connectivity index (χ4n) is 4.00. The molecule has 144 valence electrons. The summed E-state index contributed by atoms with van der Waals surface area (Å²) in [6.45, 7) is 3.11. The van der Waals surface area contributed by atoms with Crippen LogP contribution in [0.5, 0.6) is 0 Å². The van der Waals surface area contributed by atoms with Crippen LogP contribution in [0, 0.1) is 6.92 Å². The number of aryl methyl sites for hydroxylation is 1. The van der Waals surface area contributed by atoms with Gasteiger partial charge < -0.3 is 10.2 Å². The molecule has 1 saturated carbocycles. The highest BCUT2D eigenvalue weighted by atomic mass is 16.2. The second-order valence-corrected chi connectivity index (χ2v) is 7.51. The van der Waals surface area contributed by atoms with Crippen LogP contribution in [0.3, 0.4) is 0 Å². The molecule has 2 amide bonds. The molecule has 0 unspecified atom stereocenters. The van der Waals surface area contributed by atoms with Gasteiger partial charge in [0.25, 0.3) is 11.8 Å². The van der Waals surface area contributed by atoms with Crippen LogP contribution in [0.2, 0.25) is 0 Å². The average molecular weight is 371 g/mol. The largest absolute Gasteiger partial charge is 0.348 e. The molecule has 27 heavy (non-hydrogen) atoms. The van der Waals surface area contributed by atoms with Crippen LogP contribution in [0.1, 0.15) is 65.2 Å². The van der Waals surface area contributed by atoms with E-state index in [1.807, 2.05) is 11.8 Å². The molecular formula is C18H25N7O2. The van der Waals surface area contributed by atoms with Crippen LogP contribution in [0.4, 0.5) is 0 Å². The molecule has 2 aromatic heterocycles. The molecule has 2 fully saturated rings. The van der Waals surface area contributed by atoms with Gasteiger partial charge in [0.05, 0.1) is 18.8 Å². The van der Waals surface area contributed by atoms with Gasteiger partial charge in [-0.3, -0.25) is 14.7 Å². The van der Waals surface area contributed by atoms with Crippen molar-refractivity contribution < 1.29 is 9.59 Å². The van der Waals surface area contributed by atoms with Gasteiger partial charge in [-0.25, -0.2) is 4.68 Å². The van der Waals surface area contributed by atoms with Gasteiger partial charge in [0.2, 0.25) is 0 Å². The van der Waals surface area contributed by atoms with Crippen molar-refractivity contribution in [3.8, 4) is 0 Å². The summed E-state index contributed by atoms with van der Waals surface area (Å²) in [5, 5.41) is 18.0. The van der Waals surface area contributed by atoms with Gasteiger partial charge in [-0.05, 0) is 38.7 Å². The van der Waals surface area contributed by atoms with Gasteiger partial charge in [0.1, 0.15) is 5.69 Å². The topological polar surface area (TPSA) is 109 Å². The van der Waals surface area contributed by atoms with E-state index in [4.69, 9.17) is 0 Å². The number of nitrogens with one attached hydrogen (secondary N) is 2. The zero-order valence-electron chi connectivity index (χ0n) is 15.5. The third-order valence-corrected chi connectivity index (χ3v) is 5.42. The number of hydrogen-bond acceptors (Lipinski definition) is 5. The Bertz CT molecular complexity index is 821. The number of aromatic amines is 1. The summed E-state index contributed by atoms with van der Waals surface area (Å²) < 4.78 is 1.66. The van der Waals surface area contributed by atoms with Crippen molar-refractivity contribution in [1.29, 1.82) is 0 Å². The first-order chi connectivity index (χ1) is 13.1. The molecule has 2 aromatic rings. The minimum Gasteiger partial charge on any atom is -0.348 e. The number of H-pyrrole nitrogens is 1. The Balaban J connectivity index is 1.39. The summed E-state index contributed by atoms with van der Waals surface area (Å²) in [6, 6.07) is 2.04. The van der Waals surface area contributed by atoms with E-state index in [9.17, 15) is 9.59 Å². The summed E-state index contributed by atoms with van der Waals surface area (Å²) in [6.07, 6.45) is 7.92. The lowest BCUT2D eigenvalue weighted by Crippen LogP contribution is -2.38. The van der Waals surface area contributed by atoms with E-state index in [0.29, 0.717) is 24.5 Å². The average Bonchev–Trinajstić information content (AvgIpc) is 3.42. The van der Waals surface area contributed by atoms with Crippen LogP contribution >= 0.6 is 0 Å². The number of carbonyl (C=O) groups excluding carboxylic acids is 2. The van der Waals surface area contributed by atoms with Gasteiger partial charge in [0, 0.05) is 18.3 Å². The normalized spacial score (nSPS) is 20.3. The fraction of sp³-hybridized carbons (Fsp3) is 0.611. The maximum Gasteiger partial charge on any atom is 0.274 e. The number of amides is 2. The summed E-state index contributed by atoms with van der Waals surface area (Å²) in [5.41, 5.74) is 1.64. The van der Waals surface area contributed by atoms with Gasteiger partial charge in [-0.1, -0.05) is 18.1 Å².